The van der Waals surface area contributed by atoms with Crippen molar-refractivity contribution in [2.75, 3.05) is 0 Å². The van der Waals surface area contributed by atoms with Crippen LogP contribution in [0.15, 0.2) is 36.5 Å². The molecule has 1 amide bonds. The van der Waals surface area contributed by atoms with Crippen LogP contribution in [0.25, 0.3) is 4.85 Å². The van der Waals surface area contributed by atoms with Crippen LogP contribution in [-0.2, 0) is 0 Å². The molecule has 1 aliphatic carbocycles. The Labute approximate surface area is 162 Å². The Balaban J connectivity index is 1.49. The minimum Gasteiger partial charge on any atom is -0.490 e. The molecule has 1 N–H and O–H groups in total. The van der Waals surface area contributed by atoms with Gasteiger partial charge in [0.15, 0.2) is 0 Å². The highest BCUT2D eigenvalue weighted by Gasteiger charge is 2.24. The minimum atomic E-state index is -0.139. The number of pyridine rings is 1. The van der Waals surface area contributed by atoms with Gasteiger partial charge in [-0.05, 0) is 49.9 Å². The van der Waals surface area contributed by atoms with Crippen LogP contribution in [0.3, 0.4) is 0 Å². The van der Waals surface area contributed by atoms with Crippen LogP contribution < -0.4 is 10.1 Å². The molecule has 1 fully saturated rings. The van der Waals surface area contributed by atoms with Crippen molar-refractivity contribution in [3.63, 3.8) is 0 Å². The molecule has 3 rings (SSSR count). The summed E-state index contributed by atoms with van der Waals surface area (Å²) < 4.78 is 5.96. The largest absolute Gasteiger partial charge is 0.490 e. The summed E-state index contributed by atoms with van der Waals surface area (Å²) in [5, 5.41) is 3.79. The molecule has 1 heterocycles. The number of ether oxygens (including phenoxy) is 1. The number of nitrogens with zero attached hydrogens (tertiary/aromatic N) is 2. The third kappa shape index (κ3) is 4.66. The molecule has 1 saturated carbocycles. The second kappa shape index (κ2) is 8.39. The third-order valence-corrected chi connectivity index (χ3v) is 4.87. The summed E-state index contributed by atoms with van der Waals surface area (Å²) in [5.74, 6) is 0.530. The van der Waals surface area contributed by atoms with E-state index < -0.39 is 0 Å². The van der Waals surface area contributed by atoms with Gasteiger partial charge in [-0.1, -0.05) is 29.3 Å². The van der Waals surface area contributed by atoms with Gasteiger partial charge in [0.2, 0.25) is 5.69 Å². The van der Waals surface area contributed by atoms with E-state index in [9.17, 15) is 4.79 Å². The summed E-state index contributed by atoms with van der Waals surface area (Å²) >= 11 is 11.8. The molecule has 0 aliphatic heterocycles. The van der Waals surface area contributed by atoms with Gasteiger partial charge in [-0.15, -0.1) is 0 Å². The van der Waals surface area contributed by atoms with Crippen LogP contribution in [-0.4, -0.2) is 23.0 Å². The van der Waals surface area contributed by atoms with E-state index in [1.165, 1.54) is 6.20 Å². The second-order valence-electron chi connectivity index (χ2n) is 6.16. The van der Waals surface area contributed by atoms with E-state index in [0.717, 1.165) is 25.7 Å². The lowest BCUT2D eigenvalue weighted by molar-refractivity contribution is 0.0893. The van der Waals surface area contributed by atoms with Gasteiger partial charge in [0.05, 0.1) is 23.3 Å². The first-order valence-electron chi connectivity index (χ1n) is 8.31. The zero-order valence-electron chi connectivity index (χ0n) is 13.9. The van der Waals surface area contributed by atoms with Crippen LogP contribution in [0.4, 0.5) is 5.69 Å². The lowest BCUT2D eigenvalue weighted by Gasteiger charge is -2.29. The number of rotatable bonds is 4. The van der Waals surface area contributed by atoms with Gasteiger partial charge in [0.1, 0.15) is 10.9 Å². The molecule has 5 nitrogen and oxygen atoms in total. The summed E-state index contributed by atoms with van der Waals surface area (Å²) in [4.78, 5) is 19.5. The quantitative estimate of drug-likeness (QED) is 0.587. The maximum Gasteiger partial charge on any atom is 0.253 e. The number of carbonyl (C=O) groups excluding carboxylic acids is 1. The Kier molecular flexibility index (Phi) is 5.97. The minimum absolute atomic E-state index is 0.0789. The number of amides is 1. The van der Waals surface area contributed by atoms with Crippen LogP contribution in [0.1, 0.15) is 36.0 Å². The molecule has 0 spiro atoms. The molecule has 2 aromatic rings. The SMILES string of the molecule is [C-]#[N+]c1ccc(OC2CCC(NC(=O)c3ccc(Cl)nc3)CC2)cc1Cl. The molecule has 1 aromatic carbocycles. The van der Waals surface area contributed by atoms with Crippen molar-refractivity contribution >= 4 is 34.8 Å². The highest BCUT2D eigenvalue weighted by Crippen LogP contribution is 2.31. The average molecular weight is 390 g/mol. The van der Waals surface area contributed by atoms with Gasteiger partial charge in [-0.3, -0.25) is 4.79 Å². The van der Waals surface area contributed by atoms with Crippen molar-refractivity contribution in [3.05, 3.63) is 63.7 Å². The molecule has 1 aromatic heterocycles. The van der Waals surface area contributed by atoms with Gasteiger partial charge in [0.25, 0.3) is 5.91 Å². The molecule has 0 radical (unpaired) electrons. The van der Waals surface area contributed by atoms with Crippen molar-refractivity contribution in [1.82, 2.24) is 10.3 Å². The van der Waals surface area contributed by atoms with E-state index in [1.54, 1.807) is 30.3 Å². The summed E-state index contributed by atoms with van der Waals surface area (Å²) in [6.07, 6.45) is 4.91. The molecule has 0 saturated heterocycles. The van der Waals surface area contributed by atoms with E-state index in [4.69, 9.17) is 34.5 Å². The van der Waals surface area contributed by atoms with E-state index in [0.29, 0.717) is 27.2 Å². The van der Waals surface area contributed by atoms with Crippen LogP contribution in [0.2, 0.25) is 10.2 Å². The molecule has 26 heavy (non-hydrogen) atoms. The van der Waals surface area contributed by atoms with E-state index in [1.807, 2.05) is 0 Å². The van der Waals surface area contributed by atoms with Gasteiger partial charge in [-0.2, -0.15) is 0 Å². The molecular formula is C19H17Cl2N3O2. The number of carbonyl (C=O) groups is 1. The monoisotopic (exact) mass is 389 g/mol. The van der Waals surface area contributed by atoms with Crippen molar-refractivity contribution in [1.29, 1.82) is 0 Å². The smallest absolute Gasteiger partial charge is 0.253 e. The molecule has 0 bridgehead atoms. The highest BCUT2D eigenvalue weighted by atomic mass is 35.5. The number of hydrogen-bond donors (Lipinski definition) is 1. The zero-order chi connectivity index (χ0) is 18.5. The standard InChI is InChI=1S/C19H17Cl2N3O2/c1-22-17-8-7-15(10-16(17)20)26-14-5-3-13(4-6-14)24-19(25)12-2-9-18(21)23-11-12/h2,7-11,13-14H,3-6H2,(H,24,25). The number of benzene rings is 1. The molecule has 7 heteroatoms. The fraction of sp³-hybridized carbons (Fsp3) is 0.316. The van der Waals surface area contributed by atoms with E-state index in [2.05, 4.69) is 15.1 Å². The predicted molar refractivity (Wildman–Crippen MR) is 101 cm³/mol. The zero-order valence-corrected chi connectivity index (χ0v) is 15.4. The van der Waals surface area contributed by atoms with E-state index in [-0.39, 0.29) is 18.1 Å². The van der Waals surface area contributed by atoms with Crippen molar-refractivity contribution in [3.8, 4) is 5.75 Å². The Morgan fingerprint density at radius 3 is 2.58 bits per heavy atom. The van der Waals surface area contributed by atoms with Crippen LogP contribution >= 0.6 is 23.2 Å². The Morgan fingerprint density at radius 2 is 1.96 bits per heavy atom. The third-order valence-electron chi connectivity index (χ3n) is 4.34. The fourth-order valence-electron chi connectivity index (χ4n) is 2.95. The lowest BCUT2D eigenvalue weighted by atomic mass is 9.92. The van der Waals surface area contributed by atoms with E-state index >= 15 is 0 Å². The molecule has 1 aliphatic rings. The topological polar surface area (TPSA) is 55.6 Å². The van der Waals surface area contributed by atoms with Gasteiger partial charge >= 0.3 is 0 Å². The average Bonchev–Trinajstić information content (AvgIpc) is 2.64. The van der Waals surface area contributed by atoms with Gasteiger partial charge in [-0.25, -0.2) is 9.83 Å². The summed E-state index contributed by atoms with van der Waals surface area (Å²) in [6.45, 7) is 7.01. The first kappa shape index (κ1) is 18.5. The number of nitrogens with one attached hydrogen (secondary N) is 1. The highest BCUT2D eigenvalue weighted by molar-refractivity contribution is 6.33. The van der Waals surface area contributed by atoms with Gasteiger partial charge < -0.3 is 10.1 Å². The Bertz CT molecular complexity index is 826. The summed E-state index contributed by atoms with van der Waals surface area (Å²) in [5.41, 5.74) is 0.921. The molecule has 134 valence electrons. The van der Waals surface area contributed by atoms with Gasteiger partial charge in [0, 0.05) is 12.2 Å². The maximum atomic E-state index is 12.2. The second-order valence-corrected chi connectivity index (χ2v) is 6.95. The molecular weight excluding hydrogens is 373 g/mol. The number of halogens is 2. The number of hydrogen-bond acceptors (Lipinski definition) is 3. The van der Waals surface area contributed by atoms with Crippen LogP contribution in [0, 0.1) is 6.57 Å². The maximum absolute atomic E-state index is 12.2. The summed E-state index contributed by atoms with van der Waals surface area (Å²) in [6, 6.07) is 8.49. The van der Waals surface area contributed by atoms with Crippen LogP contribution in [0.5, 0.6) is 5.75 Å². The van der Waals surface area contributed by atoms with Crippen molar-refractivity contribution in [2.45, 2.75) is 37.8 Å². The molecule has 0 atom stereocenters. The first-order chi connectivity index (χ1) is 12.5. The summed E-state index contributed by atoms with van der Waals surface area (Å²) in [7, 11) is 0. The fourth-order valence-corrected chi connectivity index (χ4v) is 3.27. The Hall–Kier alpha value is -2.29. The lowest BCUT2D eigenvalue weighted by Crippen LogP contribution is -2.39. The van der Waals surface area contributed by atoms with Crippen molar-refractivity contribution < 1.29 is 9.53 Å². The predicted octanol–water partition coefficient (Wildman–Crippen LogP) is 5.06. The first-order valence-corrected chi connectivity index (χ1v) is 9.07. The normalized spacial score (nSPS) is 19.4. The Morgan fingerprint density at radius 1 is 1.19 bits per heavy atom. The number of aromatic nitrogens is 1. The molecule has 0 unspecified atom stereocenters. The van der Waals surface area contributed by atoms with Crippen molar-refractivity contribution in [2.24, 2.45) is 0 Å².